The molecule has 25 heavy (non-hydrogen) atoms. The smallest absolute Gasteiger partial charge is 0.240 e. The lowest BCUT2D eigenvalue weighted by molar-refractivity contribution is -0.684. The Morgan fingerprint density at radius 3 is 2.52 bits per heavy atom. The van der Waals surface area contributed by atoms with Crippen molar-refractivity contribution < 1.29 is 14.2 Å². The highest BCUT2D eigenvalue weighted by Gasteiger charge is 2.37. The number of hydrogen-bond acceptors (Lipinski definition) is 3. The molecule has 3 rings (SSSR count). The van der Waals surface area contributed by atoms with E-state index in [1.165, 1.54) is 0 Å². The number of aromatic nitrogens is 1. The predicted molar refractivity (Wildman–Crippen MR) is 94.5 cm³/mol. The monoisotopic (exact) mass is 338 g/mol. The lowest BCUT2D eigenvalue weighted by Gasteiger charge is -2.26. The number of likely N-dealkylation sites (tertiary alicyclic amines) is 1. The van der Waals surface area contributed by atoms with E-state index in [9.17, 15) is 9.59 Å². The summed E-state index contributed by atoms with van der Waals surface area (Å²) in [5, 5.41) is 0. The fourth-order valence-electron chi connectivity index (χ4n) is 3.36. The minimum atomic E-state index is -0.611. The fraction of sp³-hybridized carbons (Fsp3) is 0.350. The number of Topliss-reactive ketones (excluding diaryl/α,β-unsaturated/α-hetero) is 1. The van der Waals surface area contributed by atoms with Crippen molar-refractivity contribution in [2.24, 2.45) is 5.73 Å². The van der Waals surface area contributed by atoms with Gasteiger partial charge in [-0.25, -0.2) is 0 Å². The molecule has 2 heterocycles. The molecule has 0 saturated carbocycles. The maximum absolute atomic E-state index is 12.8. The van der Waals surface area contributed by atoms with Gasteiger partial charge in [-0.2, -0.15) is 4.57 Å². The van der Waals surface area contributed by atoms with Gasteiger partial charge in [-0.3, -0.25) is 9.59 Å². The van der Waals surface area contributed by atoms with Crippen molar-refractivity contribution in [2.45, 2.75) is 37.9 Å². The Morgan fingerprint density at radius 2 is 1.80 bits per heavy atom. The quantitative estimate of drug-likeness (QED) is 0.802. The highest BCUT2D eigenvalue weighted by Crippen LogP contribution is 2.20. The zero-order chi connectivity index (χ0) is 17.6. The average Bonchev–Trinajstić information content (AvgIpc) is 3.12. The van der Waals surface area contributed by atoms with Gasteiger partial charge in [0.2, 0.25) is 18.2 Å². The number of amides is 1. The summed E-state index contributed by atoms with van der Waals surface area (Å²) < 4.78 is 1.84. The number of rotatable bonds is 6. The highest BCUT2D eigenvalue weighted by atomic mass is 16.2. The van der Waals surface area contributed by atoms with Crippen LogP contribution in [0.25, 0.3) is 0 Å². The standard InChI is InChI=1S/C20H24N3O2/c21-17(14-16-8-3-1-4-9-16)20(25)23-13-7-10-18(23)19(24)15-22-11-5-2-6-12-22/h1-6,8-9,11-12,17-18H,7,10,13-15,21H2/q+1. The normalized spacial score (nSPS) is 18.1. The third-order valence-corrected chi connectivity index (χ3v) is 4.64. The second-order valence-electron chi connectivity index (χ2n) is 6.50. The largest absolute Gasteiger partial charge is 0.331 e. The molecule has 2 N–H and O–H groups in total. The summed E-state index contributed by atoms with van der Waals surface area (Å²) in [7, 11) is 0. The van der Waals surface area contributed by atoms with E-state index in [0.717, 1.165) is 18.4 Å². The molecule has 2 atom stereocenters. The third kappa shape index (κ3) is 4.31. The molecule has 130 valence electrons. The number of pyridine rings is 1. The van der Waals surface area contributed by atoms with E-state index < -0.39 is 6.04 Å². The molecule has 2 unspecified atom stereocenters. The summed E-state index contributed by atoms with van der Waals surface area (Å²) in [6.45, 7) is 0.889. The van der Waals surface area contributed by atoms with Crippen LogP contribution in [0.1, 0.15) is 18.4 Å². The number of hydrogen-bond donors (Lipinski definition) is 1. The van der Waals surface area contributed by atoms with Gasteiger partial charge >= 0.3 is 0 Å². The summed E-state index contributed by atoms with van der Waals surface area (Å²) >= 11 is 0. The number of carbonyl (C=O) groups excluding carboxylic acids is 2. The van der Waals surface area contributed by atoms with E-state index in [4.69, 9.17) is 5.73 Å². The van der Waals surface area contributed by atoms with Crippen LogP contribution in [-0.2, 0) is 22.6 Å². The SMILES string of the molecule is NC(Cc1ccccc1)C(=O)N1CCCC1C(=O)C[n+]1ccccc1. The molecule has 1 amide bonds. The van der Waals surface area contributed by atoms with Crippen LogP contribution in [0.3, 0.4) is 0 Å². The summed E-state index contributed by atoms with van der Waals surface area (Å²) in [4.78, 5) is 27.1. The van der Waals surface area contributed by atoms with Crippen molar-refractivity contribution in [1.82, 2.24) is 4.90 Å². The fourth-order valence-corrected chi connectivity index (χ4v) is 3.36. The zero-order valence-corrected chi connectivity index (χ0v) is 14.3. The molecule has 1 aromatic heterocycles. The highest BCUT2D eigenvalue weighted by molar-refractivity contribution is 5.90. The molecular formula is C20H24N3O2+. The van der Waals surface area contributed by atoms with Gasteiger partial charge in [-0.15, -0.1) is 0 Å². The van der Waals surface area contributed by atoms with Crippen molar-refractivity contribution in [3.05, 3.63) is 66.5 Å². The van der Waals surface area contributed by atoms with Gasteiger partial charge in [-0.05, 0) is 24.8 Å². The Hall–Kier alpha value is -2.53. The molecule has 0 bridgehead atoms. The second kappa shape index (κ2) is 8.03. The summed E-state index contributed by atoms with van der Waals surface area (Å²) in [6, 6.07) is 14.5. The van der Waals surface area contributed by atoms with Gasteiger partial charge in [0.25, 0.3) is 0 Å². The molecular weight excluding hydrogens is 314 g/mol. The topological polar surface area (TPSA) is 67.3 Å². The van der Waals surface area contributed by atoms with Gasteiger partial charge in [-0.1, -0.05) is 36.4 Å². The number of ketones is 1. The zero-order valence-electron chi connectivity index (χ0n) is 14.3. The Kier molecular flexibility index (Phi) is 5.56. The van der Waals surface area contributed by atoms with Gasteiger partial charge in [0, 0.05) is 18.7 Å². The number of benzene rings is 1. The van der Waals surface area contributed by atoms with Crippen LogP contribution in [0.15, 0.2) is 60.9 Å². The third-order valence-electron chi connectivity index (χ3n) is 4.64. The van der Waals surface area contributed by atoms with Crippen molar-refractivity contribution in [3.63, 3.8) is 0 Å². The van der Waals surface area contributed by atoms with Crippen LogP contribution < -0.4 is 10.3 Å². The van der Waals surface area contributed by atoms with Gasteiger partial charge < -0.3 is 10.6 Å². The van der Waals surface area contributed by atoms with Crippen LogP contribution in [0, 0.1) is 0 Å². The number of carbonyl (C=O) groups is 2. The maximum atomic E-state index is 12.8. The first-order valence-electron chi connectivity index (χ1n) is 8.72. The molecule has 2 aromatic rings. The van der Waals surface area contributed by atoms with E-state index in [0.29, 0.717) is 13.0 Å². The molecule has 0 aliphatic carbocycles. The molecule has 1 aromatic carbocycles. The van der Waals surface area contributed by atoms with Gasteiger partial charge in [0.1, 0.15) is 0 Å². The van der Waals surface area contributed by atoms with Crippen molar-refractivity contribution in [3.8, 4) is 0 Å². The average molecular weight is 338 g/mol. The molecule has 0 spiro atoms. The molecule has 1 fully saturated rings. The number of nitrogens with zero attached hydrogens (tertiary/aromatic N) is 2. The Morgan fingerprint density at radius 1 is 1.12 bits per heavy atom. The van der Waals surface area contributed by atoms with Crippen LogP contribution >= 0.6 is 0 Å². The first kappa shape index (κ1) is 17.3. The summed E-state index contributed by atoms with van der Waals surface area (Å²) in [5.41, 5.74) is 7.17. The second-order valence-corrected chi connectivity index (χ2v) is 6.50. The Bertz CT molecular complexity index is 718. The minimum Gasteiger partial charge on any atom is -0.331 e. The first-order chi connectivity index (χ1) is 12.1. The van der Waals surface area contributed by atoms with Crippen LogP contribution in [0.5, 0.6) is 0 Å². The van der Waals surface area contributed by atoms with E-state index in [1.807, 2.05) is 65.5 Å². The van der Waals surface area contributed by atoms with Crippen molar-refractivity contribution in [2.75, 3.05) is 6.54 Å². The van der Waals surface area contributed by atoms with Crippen molar-refractivity contribution in [1.29, 1.82) is 0 Å². The van der Waals surface area contributed by atoms with E-state index in [2.05, 4.69) is 0 Å². The predicted octanol–water partition coefficient (Wildman–Crippen LogP) is 1.10. The molecule has 1 aliphatic heterocycles. The minimum absolute atomic E-state index is 0.0639. The van der Waals surface area contributed by atoms with Crippen LogP contribution in [0.2, 0.25) is 0 Å². The van der Waals surface area contributed by atoms with Crippen LogP contribution in [-0.4, -0.2) is 35.2 Å². The van der Waals surface area contributed by atoms with E-state index in [1.54, 1.807) is 4.90 Å². The van der Waals surface area contributed by atoms with Gasteiger partial charge in [0.15, 0.2) is 12.4 Å². The molecule has 5 heteroatoms. The lowest BCUT2D eigenvalue weighted by Crippen LogP contribution is -2.51. The maximum Gasteiger partial charge on any atom is 0.240 e. The Labute approximate surface area is 148 Å². The summed E-state index contributed by atoms with van der Waals surface area (Å²) in [6.07, 6.45) is 5.78. The van der Waals surface area contributed by atoms with E-state index >= 15 is 0 Å². The molecule has 1 saturated heterocycles. The van der Waals surface area contributed by atoms with E-state index in [-0.39, 0.29) is 24.3 Å². The molecule has 5 nitrogen and oxygen atoms in total. The molecule has 1 aliphatic rings. The van der Waals surface area contributed by atoms with Crippen LogP contribution in [0.4, 0.5) is 0 Å². The first-order valence-corrected chi connectivity index (χ1v) is 8.72. The number of nitrogens with two attached hydrogens (primary N) is 1. The van der Waals surface area contributed by atoms with Gasteiger partial charge in [0.05, 0.1) is 12.1 Å². The Balaban J connectivity index is 1.64. The summed E-state index contributed by atoms with van der Waals surface area (Å²) in [5.74, 6) is -0.0632. The molecule has 0 radical (unpaired) electrons. The lowest BCUT2D eigenvalue weighted by atomic mass is 10.0. The van der Waals surface area contributed by atoms with Crippen molar-refractivity contribution >= 4 is 11.7 Å².